The topological polar surface area (TPSA) is 96.9 Å². The van der Waals surface area contributed by atoms with E-state index in [4.69, 9.17) is 0 Å². The molecular formula is C8H16N2O3S. The molecule has 1 atom stereocenters. The second kappa shape index (κ2) is 7.64. The van der Waals surface area contributed by atoms with E-state index < -0.39 is 12.0 Å². The molecule has 5 nitrogen and oxygen atoms in total. The van der Waals surface area contributed by atoms with Gasteiger partial charge in [-0.15, -0.1) is 11.8 Å². The van der Waals surface area contributed by atoms with Crippen molar-refractivity contribution in [3.8, 4) is 0 Å². The van der Waals surface area contributed by atoms with E-state index in [-0.39, 0.29) is 11.7 Å². The van der Waals surface area contributed by atoms with Crippen molar-refractivity contribution in [2.75, 3.05) is 18.1 Å². The number of carboxylic acid groups (broad SMARTS) is 1. The first-order chi connectivity index (χ1) is 6.57. The highest BCUT2D eigenvalue weighted by molar-refractivity contribution is 8.00. The Kier molecular flexibility index (Phi) is 7.23. The first-order valence-corrected chi connectivity index (χ1v) is 5.61. The van der Waals surface area contributed by atoms with Gasteiger partial charge in [-0.1, -0.05) is 6.92 Å². The van der Waals surface area contributed by atoms with Crippen LogP contribution in [0.5, 0.6) is 0 Å². The molecule has 1 amide bonds. The fourth-order valence-electron chi connectivity index (χ4n) is 0.677. The van der Waals surface area contributed by atoms with Crippen molar-refractivity contribution in [1.82, 2.24) is 5.32 Å². The van der Waals surface area contributed by atoms with E-state index in [2.05, 4.69) is 11.1 Å². The Morgan fingerprint density at radius 1 is 1.57 bits per heavy atom. The Morgan fingerprint density at radius 3 is 2.71 bits per heavy atom. The van der Waals surface area contributed by atoms with Gasteiger partial charge in [-0.2, -0.15) is 0 Å². The highest BCUT2D eigenvalue weighted by Crippen LogP contribution is 1.99. The zero-order valence-corrected chi connectivity index (χ0v) is 9.06. The van der Waals surface area contributed by atoms with E-state index in [1.54, 1.807) is 0 Å². The first kappa shape index (κ1) is 13.2. The Labute approximate surface area is 87.4 Å². The minimum atomic E-state index is -1.17. The van der Waals surface area contributed by atoms with Crippen LogP contribution in [-0.2, 0) is 9.59 Å². The summed E-state index contributed by atoms with van der Waals surface area (Å²) in [6.07, 6.45) is 0.896. The zero-order chi connectivity index (χ0) is 11.0. The third-order valence-electron chi connectivity index (χ3n) is 1.46. The van der Waals surface area contributed by atoms with E-state index in [0.717, 1.165) is 6.42 Å². The lowest BCUT2D eigenvalue weighted by Crippen LogP contribution is -2.69. The number of hydrogen-bond acceptors (Lipinski definition) is 4. The summed E-state index contributed by atoms with van der Waals surface area (Å²) in [5, 5.41) is 13.0. The van der Waals surface area contributed by atoms with Gasteiger partial charge in [-0.3, -0.25) is 4.79 Å². The molecule has 0 saturated carbocycles. The fraction of sp³-hybridized carbons (Fsp3) is 0.750. The van der Waals surface area contributed by atoms with Crippen LogP contribution in [0, 0.1) is 0 Å². The van der Waals surface area contributed by atoms with Crippen molar-refractivity contribution >= 4 is 23.6 Å². The first-order valence-electron chi connectivity index (χ1n) is 4.46. The maximum absolute atomic E-state index is 11.0. The molecule has 0 unspecified atom stereocenters. The molecule has 0 spiro atoms. The largest absolute Gasteiger partial charge is 0.544 e. The number of quaternary nitrogens is 1. The molecule has 0 radical (unpaired) electrons. The number of rotatable bonds is 7. The Morgan fingerprint density at radius 2 is 2.21 bits per heavy atom. The number of thioether (sulfide) groups is 1. The van der Waals surface area contributed by atoms with Crippen molar-refractivity contribution in [2.24, 2.45) is 0 Å². The molecule has 82 valence electrons. The second-order valence-corrected chi connectivity index (χ2v) is 3.91. The molecule has 0 heterocycles. The summed E-state index contributed by atoms with van der Waals surface area (Å²) in [4.78, 5) is 21.3. The maximum Gasteiger partial charge on any atom is 0.229 e. The average Bonchev–Trinajstić information content (AvgIpc) is 2.14. The normalized spacial score (nSPS) is 12.1. The highest BCUT2D eigenvalue weighted by Gasteiger charge is 2.08. The molecule has 14 heavy (non-hydrogen) atoms. The van der Waals surface area contributed by atoms with Crippen LogP contribution in [0.2, 0.25) is 0 Å². The number of aliphatic carboxylic acids is 1. The quantitative estimate of drug-likeness (QED) is 0.500. The van der Waals surface area contributed by atoms with E-state index in [1.807, 2.05) is 6.92 Å². The van der Waals surface area contributed by atoms with Gasteiger partial charge in [-0.25, -0.2) is 0 Å². The molecular weight excluding hydrogens is 204 g/mol. The highest BCUT2D eigenvalue weighted by atomic mass is 32.2. The monoisotopic (exact) mass is 220 g/mol. The molecule has 0 rings (SSSR count). The molecule has 4 N–H and O–H groups in total. The van der Waals surface area contributed by atoms with Crippen LogP contribution < -0.4 is 16.2 Å². The maximum atomic E-state index is 11.0. The summed E-state index contributed by atoms with van der Waals surface area (Å²) in [6, 6.07) is -0.751. The summed E-state index contributed by atoms with van der Waals surface area (Å²) in [7, 11) is 0. The van der Waals surface area contributed by atoms with Crippen LogP contribution in [0.4, 0.5) is 0 Å². The molecule has 0 aromatic heterocycles. The summed E-state index contributed by atoms with van der Waals surface area (Å²) in [6.45, 7) is 2.63. The van der Waals surface area contributed by atoms with Gasteiger partial charge < -0.3 is 21.0 Å². The van der Waals surface area contributed by atoms with Gasteiger partial charge >= 0.3 is 0 Å². The van der Waals surface area contributed by atoms with Gasteiger partial charge in [0.2, 0.25) is 5.91 Å². The van der Waals surface area contributed by atoms with Crippen LogP contribution in [0.3, 0.4) is 0 Å². The SMILES string of the molecule is CCCNC(=O)CSC[C@H]([NH3+])C(=O)[O-]. The summed E-state index contributed by atoms with van der Waals surface area (Å²) in [5.41, 5.74) is 3.38. The van der Waals surface area contributed by atoms with E-state index in [0.29, 0.717) is 12.3 Å². The van der Waals surface area contributed by atoms with Gasteiger partial charge in [0.1, 0.15) is 6.04 Å². The smallest absolute Gasteiger partial charge is 0.229 e. The van der Waals surface area contributed by atoms with Crippen LogP contribution in [-0.4, -0.2) is 36.0 Å². The average molecular weight is 220 g/mol. The minimum absolute atomic E-state index is 0.0672. The zero-order valence-electron chi connectivity index (χ0n) is 8.25. The number of carbonyl (C=O) groups is 2. The lowest BCUT2D eigenvalue weighted by molar-refractivity contribution is -0.431. The second-order valence-electron chi connectivity index (χ2n) is 2.88. The third-order valence-corrected chi connectivity index (χ3v) is 2.56. The number of hydrogen-bond donors (Lipinski definition) is 2. The van der Waals surface area contributed by atoms with E-state index in [9.17, 15) is 14.7 Å². The van der Waals surface area contributed by atoms with Crippen molar-refractivity contribution in [3.05, 3.63) is 0 Å². The number of carboxylic acids is 1. The molecule has 0 aromatic carbocycles. The van der Waals surface area contributed by atoms with Gasteiger partial charge in [-0.05, 0) is 6.42 Å². The molecule has 6 heteroatoms. The molecule has 0 bridgehead atoms. The van der Waals surface area contributed by atoms with Crippen LogP contribution in [0.1, 0.15) is 13.3 Å². The van der Waals surface area contributed by atoms with Crippen molar-refractivity contribution in [1.29, 1.82) is 0 Å². The van der Waals surface area contributed by atoms with Gasteiger partial charge in [0.05, 0.1) is 17.5 Å². The predicted octanol–water partition coefficient (Wildman–Crippen LogP) is -2.39. The summed E-state index contributed by atoms with van der Waals surface area (Å²) in [5.74, 6) is -0.657. The van der Waals surface area contributed by atoms with Crippen molar-refractivity contribution in [2.45, 2.75) is 19.4 Å². The summed E-state index contributed by atoms with van der Waals surface area (Å²) >= 11 is 1.25. The van der Waals surface area contributed by atoms with Crippen LogP contribution >= 0.6 is 11.8 Å². The fourth-order valence-corrected chi connectivity index (χ4v) is 1.50. The van der Waals surface area contributed by atoms with E-state index >= 15 is 0 Å². The molecule has 0 aromatic rings. The number of amides is 1. The molecule has 0 aliphatic rings. The Balaban J connectivity index is 3.44. The number of carbonyl (C=O) groups excluding carboxylic acids is 2. The van der Waals surface area contributed by atoms with Gasteiger partial charge in [0.15, 0.2) is 0 Å². The van der Waals surface area contributed by atoms with Crippen LogP contribution in [0.15, 0.2) is 0 Å². The standard InChI is InChI=1S/C8H16N2O3S/c1-2-3-10-7(11)5-14-4-6(9)8(12)13/h6H,2-5,9H2,1H3,(H,10,11)(H,12,13)/t6-/m0/s1. The Hall–Kier alpha value is -0.750. The molecule has 0 aliphatic heterocycles. The Bertz CT molecular complexity index is 199. The van der Waals surface area contributed by atoms with Gasteiger partial charge in [0.25, 0.3) is 0 Å². The summed E-state index contributed by atoms with van der Waals surface area (Å²) < 4.78 is 0. The minimum Gasteiger partial charge on any atom is -0.544 e. The van der Waals surface area contributed by atoms with Gasteiger partial charge in [0, 0.05) is 6.54 Å². The number of nitrogens with one attached hydrogen (secondary N) is 1. The van der Waals surface area contributed by atoms with E-state index in [1.165, 1.54) is 11.8 Å². The van der Waals surface area contributed by atoms with Crippen molar-refractivity contribution in [3.63, 3.8) is 0 Å². The molecule has 0 aliphatic carbocycles. The molecule has 0 fully saturated rings. The van der Waals surface area contributed by atoms with Crippen LogP contribution in [0.25, 0.3) is 0 Å². The molecule has 0 saturated heterocycles. The third kappa shape index (κ3) is 6.73. The predicted molar refractivity (Wildman–Crippen MR) is 52.3 cm³/mol. The van der Waals surface area contributed by atoms with Crippen molar-refractivity contribution < 1.29 is 20.4 Å². The lowest BCUT2D eigenvalue weighted by atomic mass is 10.4. The lowest BCUT2D eigenvalue weighted by Gasteiger charge is -2.08.